The molecule has 0 radical (unpaired) electrons. The van der Waals surface area contributed by atoms with Crippen molar-refractivity contribution in [1.29, 1.82) is 5.41 Å². The average Bonchev–Trinajstić information content (AvgIpc) is 2.46. The number of rotatable bonds is 10. The molecule has 0 amide bonds. The van der Waals surface area contributed by atoms with E-state index in [0.717, 1.165) is 17.2 Å². The summed E-state index contributed by atoms with van der Waals surface area (Å²) in [7, 11) is -2.85. The number of hydrogen-bond donors (Lipinski definition) is 1. The van der Waals surface area contributed by atoms with Gasteiger partial charge in [0.25, 0.3) is 0 Å². The van der Waals surface area contributed by atoms with Crippen molar-refractivity contribution in [3.63, 3.8) is 0 Å². The van der Waals surface area contributed by atoms with Crippen molar-refractivity contribution in [2.45, 2.75) is 27.4 Å². The average molecular weight is 297 g/mol. The molecule has 0 aliphatic carbocycles. The zero-order valence-corrected chi connectivity index (χ0v) is 13.3. The van der Waals surface area contributed by atoms with Crippen LogP contribution in [0.3, 0.4) is 0 Å². The molecule has 0 heterocycles. The molecular weight excluding hydrogens is 274 g/mol. The topological polar surface area (TPSA) is 60.8 Å². The Kier molecular flexibility index (Phi) is 7.46. The molecule has 6 heteroatoms. The first-order chi connectivity index (χ1) is 9.72. The van der Waals surface area contributed by atoms with Crippen molar-refractivity contribution in [2.75, 3.05) is 19.8 Å². The van der Waals surface area contributed by atoms with Crippen LogP contribution in [-0.2, 0) is 24.6 Å². The maximum absolute atomic E-state index is 6.91. The molecule has 5 nitrogen and oxygen atoms in total. The first-order valence-corrected chi connectivity index (χ1v) is 8.56. The predicted octanol–water partition coefficient (Wildman–Crippen LogP) is 2.07. The van der Waals surface area contributed by atoms with E-state index >= 15 is 0 Å². The van der Waals surface area contributed by atoms with Crippen molar-refractivity contribution in [3.8, 4) is 0 Å². The van der Waals surface area contributed by atoms with Crippen LogP contribution in [0.25, 0.3) is 0 Å². The lowest BCUT2D eigenvalue weighted by Crippen LogP contribution is -2.57. The van der Waals surface area contributed by atoms with Gasteiger partial charge in [-0.3, -0.25) is 5.41 Å². The van der Waals surface area contributed by atoms with E-state index in [9.17, 15) is 0 Å². The molecule has 0 aromatic heterocycles. The van der Waals surface area contributed by atoms with Gasteiger partial charge in [-0.1, -0.05) is 18.2 Å². The van der Waals surface area contributed by atoms with Gasteiger partial charge in [0, 0.05) is 25.0 Å². The SMILES string of the molecule is CCO[Si](OCC)(OCC)c1cccc(COC=N)c1. The Morgan fingerprint density at radius 2 is 1.65 bits per heavy atom. The predicted molar refractivity (Wildman–Crippen MR) is 80.3 cm³/mol. The monoisotopic (exact) mass is 297 g/mol. The molecule has 0 fully saturated rings. The normalized spacial score (nSPS) is 11.3. The quantitative estimate of drug-likeness (QED) is 0.408. The van der Waals surface area contributed by atoms with Gasteiger partial charge in [0.05, 0.1) is 0 Å². The van der Waals surface area contributed by atoms with Crippen LogP contribution in [0, 0.1) is 5.41 Å². The molecule has 1 rings (SSSR count). The molecule has 112 valence electrons. The van der Waals surface area contributed by atoms with Gasteiger partial charge < -0.3 is 18.0 Å². The lowest BCUT2D eigenvalue weighted by atomic mass is 10.2. The number of ether oxygens (including phenoxy) is 1. The Labute approximate surface area is 121 Å². The summed E-state index contributed by atoms with van der Waals surface area (Å²) in [6.07, 6.45) is 0.935. The van der Waals surface area contributed by atoms with Crippen LogP contribution in [0.5, 0.6) is 0 Å². The number of benzene rings is 1. The van der Waals surface area contributed by atoms with Crippen molar-refractivity contribution >= 4 is 20.4 Å². The van der Waals surface area contributed by atoms with Gasteiger partial charge in [-0.05, 0) is 32.4 Å². The minimum atomic E-state index is -2.85. The van der Waals surface area contributed by atoms with E-state index in [2.05, 4.69) is 0 Å². The van der Waals surface area contributed by atoms with Crippen LogP contribution in [0.2, 0.25) is 0 Å². The van der Waals surface area contributed by atoms with Crippen LogP contribution in [-0.4, -0.2) is 35.0 Å². The highest BCUT2D eigenvalue weighted by Gasteiger charge is 2.43. The second kappa shape index (κ2) is 8.86. The van der Waals surface area contributed by atoms with E-state index in [0.29, 0.717) is 26.4 Å². The van der Waals surface area contributed by atoms with E-state index in [1.807, 2.05) is 45.0 Å². The van der Waals surface area contributed by atoms with Crippen molar-refractivity contribution in [1.82, 2.24) is 0 Å². The number of nitrogens with one attached hydrogen (secondary N) is 1. The molecule has 1 aromatic rings. The van der Waals surface area contributed by atoms with Gasteiger partial charge in [-0.2, -0.15) is 0 Å². The van der Waals surface area contributed by atoms with E-state index in [1.54, 1.807) is 0 Å². The van der Waals surface area contributed by atoms with Crippen LogP contribution in [0.4, 0.5) is 0 Å². The summed E-state index contributed by atoms with van der Waals surface area (Å²) in [6, 6.07) is 7.80. The molecule has 20 heavy (non-hydrogen) atoms. The maximum Gasteiger partial charge on any atom is 0.537 e. The highest BCUT2D eigenvalue weighted by Crippen LogP contribution is 2.12. The molecule has 0 unspecified atom stereocenters. The third kappa shape index (κ3) is 4.41. The Morgan fingerprint density at radius 1 is 1.05 bits per heavy atom. The maximum atomic E-state index is 6.91. The third-order valence-corrected chi connectivity index (χ3v) is 5.64. The fourth-order valence-corrected chi connectivity index (χ4v) is 4.49. The largest absolute Gasteiger partial charge is 0.537 e. The van der Waals surface area contributed by atoms with Crippen LogP contribution < -0.4 is 5.19 Å². The Hall–Kier alpha value is -1.21. The standard InChI is InChI=1S/C14H23NO4Si/c1-4-17-20(18-5-2,19-6-3)14-9-7-8-13(10-14)11-16-12-15/h7-10,12,15H,4-6,11H2,1-3H3. The zero-order chi connectivity index (χ0) is 14.8. The lowest BCUT2D eigenvalue weighted by Gasteiger charge is -2.28. The smallest absolute Gasteiger partial charge is 0.479 e. The molecule has 0 bridgehead atoms. The van der Waals surface area contributed by atoms with Crippen LogP contribution in [0.1, 0.15) is 26.3 Å². The van der Waals surface area contributed by atoms with Crippen molar-refractivity contribution in [3.05, 3.63) is 29.8 Å². The Balaban J connectivity index is 3.07. The van der Waals surface area contributed by atoms with Gasteiger partial charge in [0.2, 0.25) is 0 Å². The molecule has 0 spiro atoms. The third-order valence-electron chi connectivity index (χ3n) is 2.62. The van der Waals surface area contributed by atoms with Gasteiger partial charge in [-0.25, -0.2) is 0 Å². The van der Waals surface area contributed by atoms with Crippen LogP contribution in [0.15, 0.2) is 24.3 Å². The highest BCUT2D eigenvalue weighted by molar-refractivity contribution is 6.75. The molecule has 1 N–H and O–H groups in total. The molecular formula is C14H23NO4Si. The summed E-state index contributed by atoms with van der Waals surface area (Å²) < 4.78 is 22.6. The summed E-state index contributed by atoms with van der Waals surface area (Å²) in [4.78, 5) is 0. The second-order valence-electron chi connectivity index (χ2n) is 3.98. The minimum absolute atomic E-state index is 0.353. The summed E-state index contributed by atoms with van der Waals surface area (Å²) in [6.45, 7) is 7.76. The second-order valence-corrected chi connectivity index (χ2v) is 6.54. The fourth-order valence-electron chi connectivity index (χ4n) is 1.93. The minimum Gasteiger partial charge on any atom is -0.479 e. The molecule has 0 aliphatic rings. The lowest BCUT2D eigenvalue weighted by molar-refractivity contribution is 0.0859. The van der Waals surface area contributed by atoms with Gasteiger partial charge in [-0.15, -0.1) is 0 Å². The Bertz CT molecular complexity index is 397. The van der Waals surface area contributed by atoms with Gasteiger partial charge in [0.15, 0.2) is 6.40 Å². The summed E-state index contributed by atoms with van der Waals surface area (Å²) in [5.74, 6) is 0. The zero-order valence-electron chi connectivity index (χ0n) is 12.3. The van der Waals surface area contributed by atoms with E-state index in [1.165, 1.54) is 0 Å². The summed E-state index contributed by atoms with van der Waals surface area (Å²) in [5, 5.41) is 7.84. The van der Waals surface area contributed by atoms with Crippen molar-refractivity contribution < 1.29 is 18.0 Å². The summed E-state index contributed by atoms with van der Waals surface area (Å²) in [5.41, 5.74) is 0.960. The van der Waals surface area contributed by atoms with Crippen molar-refractivity contribution in [2.24, 2.45) is 0 Å². The highest BCUT2D eigenvalue weighted by atomic mass is 28.4. The fraction of sp³-hybridized carbons (Fsp3) is 0.500. The van der Waals surface area contributed by atoms with Gasteiger partial charge >= 0.3 is 8.80 Å². The van der Waals surface area contributed by atoms with E-state index in [4.69, 9.17) is 23.4 Å². The molecule has 0 atom stereocenters. The molecule has 0 saturated heterocycles. The van der Waals surface area contributed by atoms with E-state index < -0.39 is 8.80 Å². The van der Waals surface area contributed by atoms with Gasteiger partial charge in [0.1, 0.15) is 6.61 Å². The van der Waals surface area contributed by atoms with Crippen LogP contribution >= 0.6 is 0 Å². The molecule has 0 saturated carbocycles. The number of hydrogen-bond acceptors (Lipinski definition) is 5. The first kappa shape index (κ1) is 16.8. The summed E-state index contributed by atoms with van der Waals surface area (Å²) >= 11 is 0. The molecule has 1 aromatic carbocycles. The van der Waals surface area contributed by atoms with E-state index in [-0.39, 0.29) is 0 Å². The Morgan fingerprint density at radius 3 is 2.15 bits per heavy atom. The molecule has 0 aliphatic heterocycles. The first-order valence-electron chi connectivity index (χ1n) is 6.84.